The Kier molecular flexibility index (Phi) is 14.5. The summed E-state index contributed by atoms with van der Waals surface area (Å²) in [6, 6.07) is 88.4. The highest BCUT2D eigenvalue weighted by molar-refractivity contribution is 5.81. The summed E-state index contributed by atoms with van der Waals surface area (Å²) in [5, 5.41) is 0. The third-order valence-electron chi connectivity index (χ3n) is 9.78. The van der Waals surface area contributed by atoms with Gasteiger partial charge in [0.15, 0.2) is 0 Å². The van der Waals surface area contributed by atoms with E-state index in [4.69, 9.17) is 0 Å². The first kappa shape index (κ1) is 41.0. The van der Waals surface area contributed by atoms with Crippen molar-refractivity contribution >= 4 is 63.5 Å². The predicted octanol–water partition coefficient (Wildman–Crippen LogP) is 15.9. The summed E-state index contributed by atoms with van der Waals surface area (Å²) in [6.45, 7) is 3.81. The van der Waals surface area contributed by atoms with E-state index in [0.29, 0.717) is 5.56 Å². The van der Waals surface area contributed by atoms with Crippen LogP contribution in [-0.2, 0) is 0 Å². The first-order valence-electron chi connectivity index (χ1n) is 20.3. The molecular formula is C57H47N3O. The predicted molar refractivity (Wildman–Crippen MR) is 259 cm³/mol. The summed E-state index contributed by atoms with van der Waals surface area (Å²) >= 11 is 0. The van der Waals surface area contributed by atoms with E-state index >= 15 is 0 Å². The number of hydrogen-bond acceptors (Lipinski definition) is 4. The van der Waals surface area contributed by atoms with Gasteiger partial charge in [-0.1, -0.05) is 152 Å². The molecular weight excluding hydrogens is 743 g/mol. The number of rotatable bonds is 11. The van der Waals surface area contributed by atoms with Gasteiger partial charge >= 0.3 is 0 Å². The summed E-state index contributed by atoms with van der Waals surface area (Å²) in [7, 11) is 0. The molecule has 0 N–H and O–H groups in total. The van der Waals surface area contributed by atoms with Crippen LogP contribution in [0.4, 0.5) is 51.2 Å². The van der Waals surface area contributed by atoms with Gasteiger partial charge in [-0.05, 0) is 127 Å². The molecule has 9 rings (SSSR count). The van der Waals surface area contributed by atoms with E-state index in [1.54, 1.807) is 0 Å². The monoisotopic (exact) mass is 789 g/mol. The molecule has 0 unspecified atom stereocenters. The molecule has 4 nitrogen and oxygen atoms in total. The quantitative estimate of drug-likeness (QED) is 0.122. The van der Waals surface area contributed by atoms with Gasteiger partial charge in [-0.3, -0.25) is 4.79 Å². The smallest absolute Gasteiger partial charge is 0.150 e. The van der Waals surface area contributed by atoms with Crippen molar-refractivity contribution in [3.63, 3.8) is 0 Å². The van der Waals surface area contributed by atoms with Crippen LogP contribution in [0.2, 0.25) is 0 Å². The van der Waals surface area contributed by atoms with Gasteiger partial charge in [0.25, 0.3) is 0 Å². The first-order chi connectivity index (χ1) is 30.2. The van der Waals surface area contributed by atoms with Gasteiger partial charge in [0.05, 0.1) is 0 Å². The third-order valence-corrected chi connectivity index (χ3v) is 9.78. The fourth-order valence-electron chi connectivity index (χ4n) is 6.84. The lowest BCUT2D eigenvalue weighted by Crippen LogP contribution is -2.09. The van der Waals surface area contributed by atoms with Gasteiger partial charge in [0.1, 0.15) is 6.29 Å². The lowest BCUT2D eigenvalue weighted by Gasteiger charge is -2.25. The number of carbonyl (C=O) groups excluding carboxylic acids is 1. The van der Waals surface area contributed by atoms with Crippen LogP contribution in [0.25, 0.3) is 6.08 Å². The van der Waals surface area contributed by atoms with Gasteiger partial charge in [0, 0.05) is 56.7 Å². The summed E-state index contributed by atoms with van der Waals surface area (Å²) in [5.74, 6) is 0. The molecule has 9 aromatic rings. The van der Waals surface area contributed by atoms with Gasteiger partial charge in [0.2, 0.25) is 0 Å². The molecule has 0 aliphatic rings. The molecule has 0 aliphatic carbocycles. The molecule has 9 aromatic carbocycles. The Morgan fingerprint density at radius 1 is 0.246 bits per heavy atom. The highest BCUT2D eigenvalue weighted by atomic mass is 16.1. The normalized spacial score (nSPS) is 10.1. The number of para-hydroxylation sites is 7. The van der Waals surface area contributed by atoms with Crippen molar-refractivity contribution in [3.8, 4) is 0 Å². The number of hydrogen-bond donors (Lipinski definition) is 0. The van der Waals surface area contributed by atoms with Crippen LogP contribution in [0.15, 0.2) is 267 Å². The van der Waals surface area contributed by atoms with E-state index < -0.39 is 0 Å². The van der Waals surface area contributed by atoms with Crippen molar-refractivity contribution in [1.82, 2.24) is 0 Å². The van der Waals surface area contributed by atoms with Crippen LogP contribution in [-0.4, -0.2) is 6.29 Å². The van der Waals surface area contributed by atoms with Crippen molar-refractivity contribution in [2.45, 2.75) is 0 Å². The molecule has 0 heterocycles. The molecule has 0 atom stereocenters. The van der Waals surface area contributed by atoms with E-state index in [-0.39, 0.29) is 0 Å². The molecule has 0 aliphatic heterocycles. The van der Waals surface area contributed by atoms with Crippen LogP contribution >= 0.6 is 0 Å². The van der Waals surface area contributed by atoms with Crippen molar-refractivity contribution in [2.24, 2.45) is 0 Å². The maximum absolute atomic E-state index is 10.8. The van der Waals surface area contributed by atoms with Gasteiger partial charge in [-0.15, -0.1) is 0 Å². The van der Waals surface area contributed by atoms with Crippen molar-refractivity contribution in [2.75, 3.05) is 14.7 Å². The Morgan fingerprint density at radius 3 is 0.607 bits per heavy atom. The molecule has 0 fully saturated rings. The number of benzene rings is 9. The van der Waals surface area contributed by atoms with Crippen LogP contribution in [0.3, 0.4) is 0 Å². The maximum atomic E-state index is 10.8. The Morgan fingerprint density at radius 2 is 0.426 bits per heavy atom. The lowest BCUT2D eigenvalue weighted by atomic mass is 10.1. The molecule has 4 heteroatoms. The zero-order chi connectivity index (χ0) is 41.9. The van der Waals surface area contributed by atoms with E-state index in [1.807, 2.05) is 97.1 Å². The van der Waals surface area contributed by atoms with Crippen LogP contribution < -0.4 is 14.7 Å². The average Bonchev–Trinajstić information content (AvgIpc) is 3.35. The zero-order valence-corrected chi connectivity index (χ0v) is 33.9. The standard InChI is InChI=1S/C20H17N.C19H15NO.C18H15N/c1-2-17-13-15-20(16-14-17)21(18-9-5-3-6-10-18)19-11-7-4-8-12-19;21-15-16-11-13-19(14-12-16)20(17-7-3-1-4-8-17)18-9-5-2-6-10-18;1-4-10-16(11-5-1)19(17-12-6-2-7-13-17)18-14-8-3-9-15-18/h2-16H,1H2;1-15H;1-15H. The largest absolute Gasteiger partial charge is 0.311 e. The Balaban J connectivity index is 0.000000138. The maximum Gasteiger partial charge on any atom is 0.150 e. The van der Waals surface area contributed by atoms with Crippen LogP contribution in [0.1, 0.15) is 15.9 Å². The van der Waals surface area contributed by atoms with Crippen molar-refractivity contribution in [3.05, 3.63) is 279 Å². The summed E-state index contributed by atoms with van der Waals surface area (Å²) in [5.41, 5.74) is 11.9. The molecule has 0 amide bonds. The van der Waals surface area contributed by atoms with Gasteiger partial charge in [-0.25, -0.2) is 0 Å². The van der Waals surface area contributed by atoms with E-state index in [2.05, 4.69) is 191 Å². The van der Waals surface area contributed by atoms with E-state index in [9.17, 15) is 4.79 Å². The molecule has 0 bridgehead atoms. The highest BCUT2D eigenvalue weighted by Gasteiger charge is 2.13. The molecule has 0 aromatic heterocycles. The minimum absolute atomic E-state index is 0.680. The fraction of sp³-hybridized carbons (Fsp3) is 0. The average molecular weight is 790 g/mol. The van der Waals surface area contributed by atoms with Crippen molar-refractivity contribution < 1.29 is 4.79 Å². The Hall–Kier alpha value is -8.21. The number of aldehydes is 1. The lowest BCUT2D eigenvalue weighted by molar-refractivity contribution is 0.112. The minimum Gasteiger partial charge on any atom is -0.311 e. The van der Waals surface area contributed by atoms with Gasteiger partial charge < -0.3 is 14.7 Å². The summed E-state index contributed by atoms with van der Waals surface area (Å²) < 4.78 is 0. The zero-order valence-electron chi connectivity index (χ0n) is 33.9. The second-order valence-corrected chi connectivity index (χ2v) is 13.9. The van der Waals surface area contributed by atoms with Crippen LogP contribution in [0, 0.1) is 0 Å². The topological polar surface area (TPSA) is 26.8 Å². The fourth-order valence-corrected chi connectivity index (χ4v) is 6.84. The molecule has 296 valence electrons. The number of anilines is 9. The Bertz CT molecular complexity index is 2320. The third kappa shape index (κ3) is 11.1. The number of nitrogens with zero attached hydrogens (tertiary/aromatic N) is 3. The number of carbonyl (C=O) groups is 1. The highest BCUT2D eigenvalue weighted by Crippen LogP contribution is 2.36. The van der Waals surface area contributed by atoms with E-state index in [0.717, 1.165) is 46.0 Å². The van der Waals surface area contributed by atoms with Crippen molar-refractivity contribution in [1.29, 1.82) is 0 Å². The van der Waals surface area contributed by atoms with Crippen LogP contribution in [0.5, 0.6) is 0 Å². The first-order valence-corrected chi connectivity index (χ1v) is 20.3. The second kappa shape index (κ2) is 21.5. The van der Waals surface area contributed by atoms with E-state index in [1.165, 1.54) is 17.1 Å². The summed E-state index contributed by atoms with van der Waals surface area (Å²) in [4.78, 5) is 17.5. The van der Waals surface area contributed by atoms with Gasteiger partial charge in [-0.2, -0.15) is 0 Å². The second-order valence-electron chi connectivity index (χ2n) is 13.9. The molecule has 0 saturated carbocycles. The minimum atomic E-state index is 0.680. The Labute approximate surface area is 360 Å². The SMILES string of the molecule is C=Cc1ccc(N(c2ccccc2)c2ccccc2)cc1.O=Cc1ccc(N(c2ccccc2)c2ccccc2)cc1.c1ccc(N(c2ccccc2)c2ccccc2)cc1. The molecule has 0 saturated heterocycles. The molecule has 0 spiro atoms. The molecule has 61 heavy (non-hydrogen) atoms. The summed E-state index contributed by atoms with van der Waals surface area (Å²) in [6.07, 6.45) is 2.72. The molecule has 0 radical (unpaired) electrons.